The van der Waals surface area contributed by atoms with Crippen molar-refractivity contribution < 1.29 is 17.5 Å². The van der Waals surface area contributed by atoms with E-state index in [0.29, 0.717) is 5.56 Å². The minimum atomic E-state index is -3.72. The second-order valence-electron chi connectivity index (χ2n) is 5.51. The summed E-state index contributed by atoms with van der Waals surface area (Å²) >= 11 is 0. The molecule has 2 aromatic carbocycles. The third kappa shape index (κ3) is 4.53. The van der Waals surface area contributed by atoms with Gasteiger partial charge in [-0.2, -0.15) is 0 Å². The molecule has 6 heteroatoms. The van der Waals surface area contributed by atoms with Crippen LogP contribution in [-0.2, 0) is 10.0 Å². The van der Waals surface area contributed by atoms with Gasteiger partial charge in [-0.25, -0.2) is 17.5 Å². The van der Waals surface area contributed by atoms with Gasteiger partial charge in [-0.15, -0.1) is 0 Å². The normalized spacial score (nSPS) is 12.9. The summed E-state index contributed by atoms with van der Waals surface area (Å²) in [5.41, 5.74) is 1.35. The highest BCUT2D eigenvalue weighted by atomic mass is 32.2. The Morgan fingerprint density at radius 2 is 1.83 bits per heavy atom. The van der Waals surface area contributed by atoms with E-state index in [4.69, 9.17) is 4.74 Å². The number of sulfonamides is 1. The Hall–Kier alpha value is -1.92. The molecular weight excluding hydrogens is 317 g/mol. The second-order valence-corrected chi connectivity index (χ2v) is 7.19. The van der Waals surface area contributed by atoms with Crippen LogP contribution in [0.25, 0.3) is 0 Å². The van der Waals surface area contributed by atoms with E-state index in [9.17, 15) is 12.8 Å². The number of benzene rings is 2. The lowest BCUT2D eigenvalue weighted by Gasteiger charge is -2.17. The predicted molar refractivity (Wildman–Crippen MR) is 87.6 cm³/mol. The Labute approximate surface area is 136 Å². The molecule has 124 valence electrons. The quantitative estimate of drug-likeness (QED) is 0.881. The monoisotopic (exact) mass is 337 g/mol. The van der Waals surface area contributed by atoms with Gasteiger partial charge < -0.3 is 4.74 Å². The van der Waals surface area contributed by atoms with Crippen LogP contribution in [-0.4, -0.2) is 21.1 Å². The fraction of sp³-hybridized carbons (Fsp3) is 0.294. The van der Waals surface area contributed by atoms with Gasteiger partial charge in [0.15, 0.2) is 0 Å². The van der Waals surface area contributed by atoms with E-state index in [1.807, 2.05) is 31.2 Å². The number of nitrogens with one attached hydrogen (secondary N) is 1. The maximum atomic E-state index is 13.1. The molecule has 0 fully saturated rings. The molecule has 0 aliphatic carbocycles. The number of para-hydroxylation sites is 1. The van der Waals surface area contributed by atoms with E-state index >= 15 is 0 Å². The van der Waals surface area contributed by atoms with Crippen molar-refractivity contribution in [2.24, 2.45) is 0 Å². The van der Waals surface area contributed by atoms with Crippen LogP contribution in [0.2, 0.25) is 0 Å². The van der Waals surface area contributed by atoms with E-state index in [0.717, 1.165) is 17.4 Å². The van der Waals surface area contributed by atoms with Gasteiger partial charge >= 0.3 is 0 Å². The third-order valence-corrected chi connectivity index (χ3v) is 5.12. The van der Waals surface area contributed by atoms with Gasteiger partial charge in [0, 0.05) is 0 Å². The highest BCUT2D eigenvalue weighted by Crippen LogP contribution is 2.18. The van der Waals surface area contributed by atoms with Gasteiger partial charge in [0.1, 0.15) is 18.2 Å². The van der Waals surface area contributed by atoms with E-state index in [2.05, 4.69) is 4.72 Å². The lowest BCUT2D eigenvalue weighted by Crippen LogP contribution is -2.37. The lowest BCUT2D eigenvalue weighted by molar-refractivity contribution is 0.285. The molecule has 0 aliphatic rings. The number of ether oxygens (including phenoxy) is 1. The third-order valence-electron chi connectivity index (χ3n) is 3.37. The molecule has 0 heterocycles. The Kier molecular flexibility index (Phi) is 5.38. The number of aryl methyl sites for hydroxylation is 2. The summed E-state index contributed by atoms with van der Waals surface area (Å²) in [6.45, 7) is 5.40. The van der Waals surface area contributed by atoms with Crippen LogP contribution in [0.4, 0.5) is 4.39 Å². The first-order chi connectivity index (χ1) is 10.8. The van der Waals surface area contributed by atoms with E-state index in [1.165, 1.54) is 12.1 Å². The summed E-state index contributed by atoms with van der Waals surface area (Å²) in [6.07, 6.45) is 0. The van der Waals surface area contributed by atoms with Crippen molar-refractivity contribution in [3.8, 4) is 5.75 Å². The van der Waals surface area contributed by atoms with Gasteiger partial charge in [0.25, 0.3) is 0 Å². The molecule has 2 aromatic rings. The number of halogens is 1. The fourth-order valence-electron chi connectivity index (χ4n) is 2.21. The summed E-state index contributed by atoms with van der Waals surface area (Å²) < 4.78 is 46.0. The van der Waals surface area contributed by atoms with Crippen LogP contribution in [0.3, 0.4) is 0 Å². The summed E-state index contributed by atoms with van der Waals surface area (Å²) in [6, 6.07) is 10.7. The summed E-state index contributed by atoms with van der Waals surface area (Å²) in [7, 11) is -3.72. The number of rotatable bonds is 6. The van der Waals surface area contributed by atoms with Crippen LogP contribution in [0.15, 0.2) is 47.4 Å². The SMILES string of the molecule is Cc1ccccc1OC[C@H](C)NS(=O)(=O)c1ccc(F)cc1C. The van der Waals surface area contributed by atoms with Crippen molar-refractivity contribution in [2.45, 2.75) is 31.7 Å². The van der Waals surface area contributed by atoms with Crippen molar-refractivity contribution in [3.63, 3.8) is 0 Å². The first kappa shape index (κ1) is 17.4. The van der Waals surface area contributed by atoms with E-state index < -0.39 is 21.9 Å². The Bertz CT molecular complexity index is 790. The van der Waals surface area contributed by atoms with Gasteiger partial charge in [-0.3, -0.25) is 0 Å². The first-order valence-electron chi connectivity index (χ1n) is 7.26. The molecule has 1 N–H and O–H groups in total. The van der Waals surface area contributed by atoms with Crippen LogP contribution < -0.4 is 9.46 Å². The Balaban J connectivity index is 2.04. The smallest absolute Gasteiger partial charge is 0.241 e. The zero-order chi connectivity index (χ0) is 17.0. The van der Waals surface area contributed by atoms with Gasteiger partial charge in [0.05, 0.1) is 10.9 Å². The lowest BCUT2D eigenvalue weighted by atomic mass is 10.2. The average Bonchev–Trinajstić information content (AvgIpc) is 2.45. The maximum absolute atomic E-state index is 13.1. The van der Waals surface area contributed by atoms with Gasteiger partial charge in [-0.1, -0.05) is 18.2 Å². The largest absolute Gasteiger partial charge is 0.492 e. The zero-order valence-corrected chi connectivity index (χ0v) is 14.2. The van der Waals surface area contributed by atoms with Crippen LogP contribution in [0, 0.1) is 19.7 Å². The van der Waals surface area contributed by atoms with Gasteiger partial charge in [0.2, 0.25) is 10.0 Å². The summed E-state index contributed by atoms with van der Waals surface area (Å²) in [5.74, 6) is 0.258. The van der Waals surface area contributed by atoms with Crippen molar-refractivity contribution in [2.75, 3.05) is 6.61 Å². The average molecular weight is 337 g/mol. The highest BCUT2D eigenvalue weighted by molar-refractivity contribution is 7.89. The van der Waals surface area contributed by atoms with Crippen LogP contribution in [0.1, 0.15) is 18.1 Å². The van der Waals surface area contributed by atoms with Crippen molar-refractivity contribution in [3.05, 3.63) is 59.4 Å². The standard InChI is InChI=1S/C17H20FNO3S/c1-12-6-4-5-7-16(12)22-11-14(3)19-23(20,21)17-9-8-15(18)10-13(17)2/h4-10,14,19H,11H2,1-3H3/t14-/m0/s1. The summed E-state index contributed by atoms with van der Waals surface area (Å²) in [5, 5.41) is 0. The molecule has 0 unspecified atom stereocenters. The molecule has 0 saturated carbocycles. The number of hydrogen-bond acceptors (Lipinski definition) is 3. The molecule has 1 atom stereocenters. The van der Waals surface area contributed by atoms with Crippen molar-refractivity contribution in [1.29, 1.82) is 0 Å². The molecule has 0 amide bonds. The molecule has 0 saturated heterocycles. The molecule has 0 spiro atoms. The summed E-state index contributed by atoms with van der Waals surface area (Å²) in [4.78, 5) is 0.0710. The Morgan fingerprint density at radius 3 is 2.48 bits per heavy atom. The van der Waals surface area contributed by atoms with E-state index in [1.54, 1.807) is 13.8 Å². The number of hydrogen-bond donors (Lipinski definition) is 1. The molecule has 2 rings (SSSR count). The van der Waals surface area contributed by atoms with Crippen molar-refractivity contribution in [1.82, 2.24) is 4.72 Å². The van der Waals surface area contributed by atoms with Crippen molar-refractivity contribution >= 4 is 10.0 Å². The first-order valence-corrected chi connectivity index (χ1v) is 8.75. The van der Waals surface area contributed by atoms with Crippen LogP contribution >= 0.6 is 0 Å². The molecule has 4 nitrogen and oxygen atoms in total. The Morgan fingerprint density at radius 1 is 1.13 bits per heavy atom. The minimum Gasteiger partial charge on any atom is -0.492 e. The molecule has 23 heavy (non-hydrogen) atoms. The zero-order valence-electron chi connectivity index (χ0n) is 13.3. The van der Waals surface area contributed by atoms with Gasteiger partial charge in [-0.05, 0) is 56.2 Å². The maximum Gasteiger partial charge on any atom is 0.241 e. The highest BCUT2D eigenvalue weighted by Gasteiger charge is 2.20. The predicted octanol–water partition coefficient (Wildman–Crippen LogP) is 3.19. The topological polar surface area (TPSA) is 55.4 Å². The van der Waals surface area contributed by atoms with Crippen LogP contribution in [0.5, 0.6) is 5.75 Å². The molecule has 0 aliphatic heterocycles. The molecular formula is C17H20FNO3S. The molecule has 0 aromatic heterocycles. The molecule has 0 bridgehead atoms. The minimum absolute atomic E-state index is 0.0710. The molecule has 0 radical (unpaired) electrons. The fourth-order valence-corrected chi connectivity index (χ4v) is 3.66. The second kappa shape index (κ2) is 7.10. The van der Waals surface area contributed by atoms with E-state index in [-0.39, 0.29) is 11.5 Å².